The average molecular weight is 343 g/mol. The monoisotopic (exact) mass is 343 g/mol. The quantitative estimate of drug-likeness (QED) is 0.800. The maximum atomic E-state index is 12.6. The summed E-state index contributed by atoms with van der Waals surface area (Å²) in [6.45, 7) is -0.939. The largest absolute Gasteiger partial charge is 0.480 e. The van der Waals surface area contributed by atoms with Gasteiger partial charge in [0.05, 0.1) is 4.90 Å². The Labute approximate surface area is 119 Å². The Morgan fingerprint density at radius 2 is 1.67 bits per heavy atom. The molecule has 0 aromatic heterocycles. The number of alkyl halides is 2. The standard InChI is InChI=1S/C10H11F2NO6S2/c1-13(6-9(14)15)21(18,19)8-5-3-2-4-7(8)20(16,17)10(11)12/h2-5,10H,6H2,1H3,(H,14,15). The van der Waals surface area contributed by atoms with E-state index < -0.39 is 47.9 Å². The number of rotatable bonds is 6. The van der Waals surface area contributed by atoms with E-state index in [9.17, 15) is 30.4 Å². The van der Waals surface area contributed by atoms with Crippen molar-refractivity contribution in [2.75, 3.05) is 13.6 Å². The molecule has 21 heavy (non-hydrogen) atoms. The van der Waals surface area contributed by atoms with Gasteiger partial charge in [0.15, 0.2) is 0 Å². The molecule has 0 spiro atoms. The van der Waals surface area contributed by atoms with Gasteiger partial charge in [-0.15, -0.1) is 0 Å². The minimum Gasteiger partial charge on any atom is -0.480 e. The van der Waals surface area contributed by atoms with E-state index in [1.807, 2.05) is 0 Å². The molecule has 1 N–H and O–H groups in total. The van der Waals surface area contributed by atoms with E-state index in [1.165, 1.54) is 0 Å². The number of nitrogens with zero attached hydrogens (tertiary/aromatic N) is 1. The van der Waals surface area contributed by atoms with Crippen LogP contribution in [0.2, 0.25) is 0 Å². The van der Waals surface area contributed by atoms with Crippen molar-refractivity contribution in [1.29, 1.82) is 0 Å². The molecule has 7 nitrogen and oxygen atoms in total. The van der Waals surface area contributed by atoms with Gasteiger partial charge < -0.3 is 5.11 Å². The maximum absolute atomic E-state index is 12.6. The Hall–Kier alpha value is -1.59. The lowest BCUT2D eigenvalue weighted by Crippen LogP contribution is -2.33. The van der Waals surface area contributed by atoms with Crippen LogP contribution in [0.15, 0.2) is 34.1 Å². The van der Waals surface area contributed by atoms with Gasteiger partial charge in [-0.25, -0.2) is 16.8 Å². The van der Waals surface area contributed by atoms with E-state index in [2.05, 4.69) is 0 Å². The van der Waals surface area contributed by atoms with E-state index in [0.29, 0.717) is 4.31 Å². The number of benzene rings is 1. The van der Waals surface area contributed by atoms with Crippen LogP contribution in [0.4, 0.5) is 8.78 Å². The molecule has 0 bridgehead atoms. The van der Waals surface area contributed by atoms with Crippen LogP contribution in [0.25, 0.3) is 0 Å². The first-order valence-electron chi connectivity index (χ1n) is 5.30. The first-order chi connectivity index (χ1) is 9.51. The number of hydrogen-bond donors (Lipinski definition) is 1. The van der Waals surface area contributed by atoms with Crippen molar-refractivity contribution in [2.45, 2.75) is 15.5 Å². The van der Waals surface area contributed by atoms with Crippen molar-refractivity contribution < 1.29 is 35.5 Å². The molecule has 1 aromatic carbocycles. The first kappa shape index (κ1) is 17.5. The number of carbonyl (C=O) groups is 1. The Morgan fingerprint density at radius 3 is 2.10 bits per heavy atom. The van der Waals surface area contributed by atoms with Crippen molar-refractivity contribution >= 4 is 25.8 Å². The van der Waals surface area contributed by atoms with E-state index in [-0.39, 0.29) is 0 Å². The van der Waals surface area contributed by atoms with Gasteiger partial charge in [0.1, 0.15) is 11.4 Å². The van der Waals surface area contributed by atoms with Crippen LogP contribution in [0.3, 0.4) is 0 Å². The van der Waals surface area contributed by atoms with Gasteiger partial charge in [-0.05, 0) is 12.1 Å². The highest BCUT2D eigenvalue weighted by Crippen LogP contribution is 2.27. The summed E-state index contributed by atoms with van der Waals surface area (Å²) in [6, 6.07) is 3.78. The molecule has 0 radical (unpaired) electrons. The molecule has 0 unspecified atom stereocenters. The van der Waals surface area contributed by atoms with Crippen LogP contribution in [0.1, 0.15) is 0 Å². The molecule has 0 amide bonds. The highest BCUT2D eigenvalue weighted by molar-refractivity contribution is 7.93. The van der Waals surface area contributed by atoms with Crippen LogP contribution >= 0.6 is 0 Å². The van der Waals surface area contributed by atoms with E-state index in [0.717, 1.165) is 31.3 Å². The van der Waals surface area contributed by atoms with Gasteiger partial charge in [-0.1, -0.05) is 12.1 Å². The average Bonchev–Trinajstić information content (AvgIpc) is 2.37. The third-order valence-electron chi connectivity index (χ3n) is 2.44. The number of sulfone groups is 1. The fraction of sp³-hybridized carbons (Fsp3) is 0.300. The molecule has 0 heterocycles. The van der Waals surface area contributed by atoms with Gasteiger partial charge in [-0.3, -0.25) is 4.79 Å². The summed E-state index contributed by atoms with van der Waals surface area (Å²) in [7, 11) is -8.78. The van der Waals surface area contributed by atoms with Gasteiger partial charge in [0, 0.05) is 7.05 Å². The molecule has 118 valence electrons. The summed E-state index contributed by atoms with van der Waals surface area (Å²) >= 11 is 0. The van der Waals surface area contributed by atoms with E-state index in [1.54, 1.807) is 0 Å². The summed E-state index contributed by atoms with van der Waals surface area (Å²) in [5.74, 6) is -5.27. The molecule has 0 atom stereocenters. The molecule has 0 saturated heterocycles. The highest BCUT2D eigenvalue weighted by Gasteiger charge is 2.34. The van der Waals surface area contributed by atoms with Crippen LogP contribution in [0.5, 0.6) is 0 Å². The minimum absolute atomic E-state index is 0.356. The number of aliphatic carboxylic acids is 1. The maximum Gasteiger partial charge on any atom is 0.341 e. The van der Waals surface area contributed by atoms with Crippen molar-refractivity contribution in [3.63, 3.8) is 0 Å². The highest BCUT2D eigenvalue weighted by atomic mass is 32.2. The third kappa shape index (κ3) is 3.54. The summed E-state index contributed by atoms with van der Waals surface area (Å²) in [5.41, 5.74) is 0. The van der Waals surface area contributed by atoms with Gasteiger partial charge in [0.2, 0.25) is 19.9 Å². The third-order valence-corrected chi connectivity index (χ3v) is 5.87. The van der Waals surface area contributed by atoms with Crippen molar-refractivity contribution in [2.24, 2.45) is 0 Å². The Morgan fingerprint density at radius 1 is 1.19 bits per heavy atom. The molecule has 0 aliphatic carbocycles. The molecule has 1 rings (SSSR count). The van der Waals surface area contributed by atoms with E-state index >= 15 is 0 Å². The number of hydrogen-bond acceptors (Lipinski definition) is 5. The Bertz CT molecular complexity index is 745. The second-order valence-corrected chi connectivity index (χ2v) is 7.81. The Balaban J connectivity index is 3.49. The second kappa shape index (κ2) is 6.03. The predicted molar refractivity (Wildman–Crippen MR) is 67.1 cm³/mol. The fourth-order valence-corrected chi connectivity index (χ4v) is 4.10. The first-order valence-corrected chi connectivity index (χ1v) is 8.29. The van der Waals surface area contributed by atoms with E-state index in [4.69, 9.17) is 5.11 Å². The lowest BCUT2D eigenvalue weighted by Gasteiger charge is -2.17. The lowest BCUT2D eigenvalue weighted by molar-refractivity contribution is -0.137. The molecule has 0 aliphatic heterocycles. The topological polar surface area (TPSA) is 109 Å². The van der Waals surface area contributed by atoms with Crippen LogP contribution in [-0.4, -0.2) is 51.6 Å². The molecular formula is C10H11F2NO6S2. The number of likely N-dealkylation sites (N-methyl/N-ethyl adjacent to an activating group) is 1. The van der Waals surface area contributed by atoms with Crippen LogP contribution in [-0.2, 0) is 24.7 Å². The molecule has 0 aliphatic rings. The molecule has 11 heteroatoms. The summed E-state index contributed by atoms with van der Waals surface area (Å²) in [4.78, 5) is 8.57. The van der Waals surface area contributed by atoms with Crippen molar-refractivity contribution in [3.05, 3.63) is 24.3 Å². The van der Waals surface area contributed by atoms with Crippen LogP contribution < -0.4 is 0 Å². The smallest absolute Gasteiger partial charge is 0.341 e. The SMILES string of the molecule is CN(CC(=O)O)S(=O)(=O)c1ccccc1S(=O)(=O)C(F)F. The molecule has 1 aromatic rings. The van der Waals surface area contributed by atoms with Gasteiger partial charge in [-0.2, -0.15) is 13.1 Å². The minimum atomic E-state index is -5.14. The zero-order chi connectivity index (χ0) is 16.4. The second-order valence-electron chi connectivity index (χ2n) is 3.91. The summed E-state index contributed by atoms with van der Waals surface area (Å²) in [5, 5.41) is 8.57. The zero-order valence-electron chi connectivity index (χ0n) is 10.6. The predicted octanol–water partition coefficient (Wildman–Crippen LogP) is 0.388. The normalized spacial score (nSPS) is 12.8. The number of carboxylic acid groups (broad SMARTS) is 1. The van der Waals surface area contributed by atoms with Crippen molar-refractivity contribution in [1.82, 2.24) is 4.31 Å². The summed E-state index contributed by atoms with van der Waals surface area (Å²) < 4.78 is 72.7. The fourth-order valence-electron chi connectivity index (χ4n) is 1.44. The molecule has 0 fully saturated rings. The number of sulfonamides is 1. The number of halogens is 2. The molecule has 0 saturated carbocycles. The summed E-state index contributed by atoms with van der Waals surface area (Å²) in [6.07, 6.45) is 0. The number of carboxylic acids is 1. The van der Waals surface area contributed by atoms with Crippen molar-refractivity contribution in [3.8, 4) is 0 Å². The Kier molecular flexibility index (Phi) is 5.02. The van der Waals surface area contributed by atoms with Gasteiger partial charge in [0.25, 0.3) is 0 Å². The van der Waals surface area contributed by atoms with Gasteiger partial charge >= 0.3 is 11.7 Å². The lowest BCUT2D eigenvalue weighted by atomic mass is 10.4. The zero-order valence-corrected chi connectivity index (χ0v) is 12.2. The van der Waals surface area contributed by atoms with Crippen LogP contribution in [0, 0.1) is 0 Å². The molecular weight excluding hydrogens is 332 g/mol.